The molecule has 12 nitrogen and oxygen atoms in total. The van der Waals surface area contributed by atoms with Gasteiger partial charge in [0.15, 0.2) is 0 Å². The second-order valence-electron chi connectivity index (χ2n) is 11.9. The molecule has 248 valence electrons. The summed E-state index contributed by atoms with van der Waals surface area (Å²) in [7, 11) is 0. The molecule has 0 radical (unpaired) electrons. The van der Waals surface area contributed by atoms with Crippen molar-refractivity contribution in [2.75, 3.05) is 0 Å². The number of carbonyl (C=O) groups excluding carboxylic acids is 3. The summed E-state index contributed by atoms with van der Waals surface area (Å²) in [6.45, 7) is 3.77. The lowest BCUT2D eigenvalue weighted by molar-refractivity contribution is -0.140. The number of carboxylic acid groups (broad SMARTS) is 1. The Hall–Kier alpha value is -5.23. The lowest BCUT2D eigenvalue weighted by Crippen LogP contribution is -2.57. The number of aliphatic carboxylic acids is 1. The van der Waals surface area contributed by atoms with Gasteiger partial charge in [-0.2, -0.15) is 0 Å². The largest absolute Gasteiger partial charge is 0.481 e. The highest BCUT2D eigenvalue weighted by atomic mass is 16.5. The van der Waals surface area contributed by atoms with Gasteiger partial charge in [-0.25, -0.2) is 9.78 Å². The number of hydrogen-bond donors (Lipinski definition) is 6. The number of alkyl carbamates (subject to hydrolysis) is 1. The van der Waals surface area contributed by atoms with Crippen molar-refractivity contribution in [2.45, 2.75) is 70.4 Å². The van der Waals surface area contributed by atoms with E-state index in [4.69, 9.17) is 4.74 Å². The molecule has 47 heavy (non-hydrogen) atoms. The second-order valence-corrected chi connectivity index (χ2v) is 11.9. The van der Waals surface area contributed by atoms with Gasteiger partial charge in [0.05, 0.1) is 24.9 Å². The van der Waals surface area contributed by atoms with Crippen molar-refractivity contribution in [1.82, 2.24) is 25.9 Å². The molecule has 0 aliphatic carbocycles. The van der Waals surface area contributed by atoms with Gasteiger partial charge >= 0.3 is 12.1 Å². The number of nitrogens with zero attached hydrogens (tertiary/aromatic N) is 1. The Morgan fingerprint density at radius 3 is 2.23 bits per heavy atom. The third kappa shape index (κ3) is 10.7. The Balaban J connectivity index is 1.58. The number of aromatic nitrogens is 2. The molecule has 1 unspecified atom stereocenters. The summed E-state index contributed by atoms with van der Waals surface area (Å²) in [5.41, 5.74) is 2.13. The number of imidazole rings is 1. The van der Waals surface area contributed by atoms with E-state index in [0.717, 1.165) is 21.9 Å². The number of aliphatic hydroxyl groups excluding tert-OH is 1. The van der Waals surface area contributed by atoms with Crippen molar-refractivity contribution >= 4 is 34.6 Å². The van der Waals surface area contributed by atoms with E-state index in [9.17, 15) is 29.4 Å². The van der Waals surface area contributed by atoms with Gasteiger partial charge < -0.3 is 35.9 Å². The molecule has 3 aromatic carbocycles. The van der Waals surface area contributed by atoms with Crippen LogP contribution in [0.25, 0.3) is 10.8 Å². The van der Waals surface area contributed by atoms with Crippen LogP contribution < -0.4 is 16.0 Å². The van der Waals surface area contributed by atoms with Gasteiger partial charge in [0.2, 0.25) is 11.8 Å². The minimum absolute atomic E-state index is 0.00392. The molecule has 0 bridgehead atoms. The molecule has 0 saturated heterocycles. The molecule has 12 heteroatoms. The quantitative estimate of drug-likeness (QED) is 0.107. The third-order valence-electron chi connectivity index (χ3n) is 7.64. The maximum atomic E-state index is 14.0. The Morgan fingerprint density at radius 2 is 1.53 bits per heavy atom. The molecule has 0 spiro atoms. The summed E-state index contributed by atoms with van der Waals surface area (Å²) in [4.78, 5) is 58.9. The Kier molecular flexibility index (Phi) is 12.5. The first-order valence-corrected chi connectivity index (χ1v) is 15.5. The van der Waals surface area contributed by atoms with Crippen molar-refractivity contribution in [1.29, 1.82) is 0 Å². The van der Waals surface area contributed by atoms with Crippen LogP contribution >= 0.6 is 0 Å². The van der Waals surface area contributed by atoms with Gasteiger partial charge in [0.1, 0.15) is 18.7 Å². The van der Waals surface area contributed by atoms with Crippen LogP contribution in [0.4, 0.5) is 4.79 Å². The van der Waals surface area contributed by atoms with Gasteiger partial charge in [-0.05, 0) is 34.2 Å². The number of ether oxygens (including phenoxy) is 1. The van der Waals surface area contributed by atoms with Gasteiger partial charge in [0.25, 0.3) is 0 Å². The molecule has 4 aromatic rings. The van der Waals surface area contributed by atoms with E-state index in [1.54, 1.807) is 0 Å². The van der Waals surface area contributed by atoms with Crippen molar-refractivity contribution < 1.29 is 34.1 Å². The fourth-order valence-electron chi connectivity index (χ4n) is 5.33. The number of aliphatic hydroxyl groups is 1. The summed E-state index contributed by atoms with van der Waals surface area (Å²) in [5.74, 6) is -2.44. The number of amides is 3. The number of benzene rings is 3. The summed E-state index contributed by atoms with van der Waals surface area (Å²) < 4.78 is 5.42. The zero-order chi connectivity index (χ0) is 33.8. The van der Waals surface area contributed by atoms with Crippen LogP contribution in [0, 0.1) is 5.92 Å². The van der Waals surface area contributed by atoms with E-state index in [1.807, 2.05) is 86.6 Å². The topological polar surface area (TPSA) is 183 Å². The number of nitrogens with one attached hydrogen (secondary N) is 4. The molecule has 0 saturated carbocycles. The SMILES string of the molecule is CC(C)C[C@H](NC(=O)C(Cc1cnc[nH]1)NC(=O)[C@H](Cc1cccc2ccccc12)NC(=O)OCc1ccccc1)[C@@H](O)CC(=O)O. The maximum Gasteiger partial charge on any atom is 0.408 e. The molecular formula is C35H41N5O7. The highest BCUT2D eigenvalue weighted by molar-refractivity contribution is 5.93. The first-order chi connectivity index (χ1) is 22.6. The summed E-state index contributed by atoms with van der Waals surface area (Å²) in [6, 6.07) is 19.3. The smallest absolute Gasteiger partial charge is 0.408 e. The molecule has 1 heterocycles. The predicted octanol–water partition coefficient (Wildman–Crippen LogP) is 3.49. The summed E-state index contributed by atoms with van der Waals surface area (Å²) >= 11 is 0. The van der Waals surface area contributed by atoms with Gasteiger partial charge in [0, 0.05) is 24.7 Å². The normalized spacial score (nSPS) is 13.7. The molecule has 1 aromatic heterocycles. The number of fused-ring (bicyclic) bond motifs is 1. The van der Waals surface area contributed by atoms with E-state index in [1.165, 1.54) is 12.5 Å². The van der Waals surface area contributed by atoms with Gasteiger partial charge in [-0.3, -0.25) is 14.4 Å². The van der Waals surface area contributed by atoms with Crippen LogP contribution in [0.5, 0.6) is 0 Å². The Bertz CT molecular complexity index is 1620. The number of aromatic amines is 1. The maximum absolute atomic E-state index is 14.0. The van der Waals surface area contributed by atoms with E-state index in [-0.39, 0.29) is 25.4 Å². The minimum atomic E-state index is -1.34. The van der Waals surface area contributed by atoms with Crippen molar-refractivity contribution in [2.24, 2.45) is 5.92 Å². The molecule has 0 fully saturated rings. The lowest BCUT2D eigenvalue weighted by atomic mass is 9.96. The van der Waals surface area contributed by atoms with Crippen molar-refractivity contribution in [3.05, 3.63) is 102 Å². The predicted molar refractivity (Wildman–Crippen MR) is 175 cm³/mol. The summed E-state index contributed by atoms with van der Waals surface area (Å²) in [5, 5.41) is 29.9. The average Bonchev–Trinajstić information content (AvgIpc) is 3.56. The number of hydrogen-bond acceptors (Lipinski definition) is 7. The number of H-pyrrole nitrogens is 1. The van der Waals surface area contributed by atoms with E-state index >= 15 is 0 Å². The monoisotopic (exact) mass is 643 g/mol. The van der Waals surface area contributed by atoms with Crippen LogP contribution in [0.15, 0.2) is 85.3 Å². The van der Waals surface area contributed by atoms with Gasteiger partial charge in [-0.15, -0.1) is 0 Å². The van der Waals surface area contributed by atoms with Crippen LogP contribution in [-0.4, -0.2) is 68.3 Å². The fourth-order valence-corrected chi connectivity index (χ4v) is 5.33. The highest BCUT2D eigenvalue weighted by Crippen LogP contribution is 2.20. The van der Waals surface area contributed by atoms with Crippen LogP contribution in [-0.2, 0) is 38.6 Å². The molecule has 4 rings (SSSR count). The lowest BCUT2D eigenvalue weighted by Gasteiger charge is -2.28. The van der Waals surface area contributed by atoms with E-state index in [2.05, 4.69) is 25.9 Å². The number of carbonyl (C=O) groups is 4. The zero-order valence-electron chi connectivity index (χ0n) is 26.4. The highest BCUT2D eigenvalue weighted by Gasteiger charge is 2.31. The van der Waals surface area contributed by atoms with Crippen LogP contribution in [0.3, 0.4) is 0 Å². The standard InChI is InChI=1S/C35H41N5O7/c1-22(2)15-28(31(41)18-32(42)43)38-34(45)30(17-26-19-36-21-37-26)39-33(44)29(40-35(46)47-20-23-9-4-3-5-10-23)16-25-13-8-12-24-11-6-7-14-27(24)25/h3-14,19,21-22,28-31,41H,15-18,20H2,1-2H3,(H,36,37)(H,38,45)(H,39,44)(H,40,46)(H,42,43)/t28-,29-,30?,31-/m0/s1. The Morgan fingerprint density at radius 1 is 0.851 bits per heavy atom. The molecule has 6 N–H and O–H groups in total. The fraction of sp³-hybridized carbons (Fsp3) is 0.343. The van der Waals surface area contributed by atoms with Crippen LogP contribution in [0.1, 0.15) is 43.5 Å². The van der Waals surface area contributed by atoms with Crippen LogP contribution in [0.2, 0.25) is 0 Å². The van der Waals surface area contributed by atoms with Crippen molar-refractivity contribution in [3.8, 4) is 0 Å². The average molecular weight is 644 g/mol. The molecule has 0 aliphatic rings. The Labute approximate surface area is 272 Å². The van der Waals surface area contributed by atoms with Crippen molar-refractivity contribution in [3.63, 3.8) is 0 Å². The molecule has 0 aliphatic heterocycles. The number of rotatable bonds is 16. The van der Waals surface area contributed by atoms with E-state index in [0.29, 0.717) is 12.1 Å². The van der Waals surface area contributed by atoms with E-state index < -0.39 is 54.5 Å². The second kappa shape index (κ2) is 16.9. The van der Waals surface area contributed by atoms with Gasteiger partial charge in [-0.1, -0.05) is 86.6 Å². The molecule has 3 amide bonds. The molecular weight excluding hydrogens is 602 g/mol. The zero-order valence-corrected chi connectivity index (χ0v) is 26.4. The first kappa shape index (κ1) is 34.6. The third-order valence-corrected chi connectivity index (χ3v) is 7.64. The summed E-state index contributed by atoms with van der Waals surface area (Å²) in [6.07, 6.45) is 0.669. The first-order valence-electron chi connectivity index (χ1n) is 15.5. The minimum Gasteiger partial charge on any atom is -0.481 e. The molecule has 4 atom stereocenters. The number of carboxylic acids is 1.